The minimum atomic E-state index is -5.84. The predicted molar refractivity (Wildman–Crippen MR) is 74.1 cm³/mol. The third-order valence-corrected chi connectivity index (χ3v) is 3.28. The molecule has 0 saturated heterocycles. The van der Waals surface area contributed by atoms with Crippen LogP contribution in [0.2, 0.25) is 0 Å². The van der Waals surface area contributed by atoms with Gasteiger partial charge in [-0.05, 0) is 17.7 Å². The first-order chi connectivity index (χ1) is 10.2. The molecule has 0 saturated carbocycles. The molecule has 1 rings (SSSR count). The summed E-state index contributed by atoms with van der Waals surface area (Å²) < 4.78 is 63.8. The molecule has 0 bridgehead atoms. The van der Waals surface area contributed by atoms with Gasteiger partial charge >= 0.3 is 21.3 Å². The Morgan fingerprint density at radius 2 is 1.86 bits per heavy atom. The third-order valence-electron chi connectivity index (χ3n) is 2.47. The van der Waals surface area contributed by atoms with Gasteiger partial charge in [-0.3, -0.25) is 4.55 Å². The molecular weight excluding hydrogens is 322 g/mol. The van der Waals surface area contributed by atoms with E-state index in [1.54, 1.807) is 30.3 Å². The predicted octanol–water partition coefficient (Wildman–Crippen LogP) is 2.12. The van der Waals surface area contributed by atoms with Gasteiger partial charge in [0, 0.05) is 6.42 Å². The van der Waals surface area contributed by atoms with Crippen molar-refractivity contribution in [3.63, 3.8) is 0 Å². The Morgan fingerprint density at radius 3 is 2.36 bits per heavy atom. The molecule has 0 aromatic heterocycles. The molecule has 1 aromatic rings. The third kappa shape index (κ3) is 4.78. The molecule has 1 aromatic carbocycles. The van der Waals surface area contributed by atoms with Gasteiger partial charge in [0.2, 0.25) is 0 Å². The summed E-state index contributed by atoms with van der Waals surface area (Å²) in [6.07, 6.45) is 1.72. The average molecular weight is 336 g/mol. The molecule has 0 fully saturated rings. The molecule has 6 nitrogen and oxygen atoms in total. The van der Waals surface area contributed by atoms with Crippen molar-refractivity contribution < 1.29 is 36.0 Å². The monoisotopic (exact) mass is 336 g/mol. The van der Waals surface area contributed by atoms with E-state index in [-0.39, 0.29) is 13.0 Å². The minimum Gasteiger partial charge on any atom is -0.493 e. The molecule has 0 unspecified atom stereocenters. The molecule has 0 atom stereocenters. The molecule has 22 heavy (non-hydrogen) atoms. The summed E-state index contributed by atoms with van der Waals surface area (Å²) in [7, 11) is -5.84. The van der Waals surface area contributed by atoms with Gasteiger partial charge in [-0.25, -0.2) is 4.79 Å². The molecule has 0 aliphatic heterocycles. The van der Waals surface area contributed by atoms with Crippen LogP contribution >= 0.6 is 0 Å². The van der Waals surface area contributed by atoms with E-state index in [9.17, 15) is 22.0 Å². The Bertz CT molecular complexity index is 624. The van der Waals surface area contributed by atoms with Crippen LogP contribution in [-0.2, 0) is 19.6 Å². The Kier molecular flexibility index (Phi) is 6.01. The second-order valence-corrected chi connectivity index (χ2v) is 5.57. The van der Waals surface area contributed by atoms with Gasteiger partial charge in [-0.1, -0.05) is 24.8 Å². The number of rotatable bonds is 8. The maximum atomic E-state index is 12.8. The maximum absolute atomic E-state index is 12.8. The summed E-state index contributed by atoms with van der Waals surface area (Å²) in [4.78, 5) is 10.9. The number of halogens is 2. The zero-order chi connectivity index (χ0) is 16.8. The lowest BCUT2D eigenvalue weighted by molar-refractivity contribution is -0.161. The summed E-state index contributed by atoms with van der Waals surface area (Å²) >= 11 is 0. The summed E-state index contributed by atoms with van der Waals surface area (Å²) in [5.74, 6) is -1.80. The normalized spacial score (nSPS) is 11.8. The Hall–Kier alpha value is -2.00. The highest BCUT2D eigenvalue weighted by Crippen LogP contribution is 2.22. The van der Waals surface area contributed by atoms with E-state index < -0.39 is 27.9 Å². The number of hydrogen-bond donors (Lipinski definition) is 1. The first-order valence-electron chi connectivity index (χ1n) is 6.06. The van der Waals surface area contributed by atoms with Crippen LogP contribution in [0, 0.1) is 0 Å². The van der Waals surface area contributed by atoms with Gasteiger partial charge in [0.25, 0.3) is 0 Å². The highest BCUT2D eigenvalue weighted by atomic mass is 32.2. The summed E-state index contributed by atoms with van der Waals surface area (Å²) in [6.45, 7) is 3.18. The van der Waals surface area contributed by atoms with E-state index in [4.69, 9.17) is 9.29 Å². The van der Waals surface area contributed by atoms with Crippen LogP contribution in [0.25, 0.3) is 6.08 Å². The van der Waals surface area contributed by atoms with Crippen molar-refractivity contribution in [1.29, 1.82) is 0 Å². The number of carbonyl (C=O) groups is 1. The maximum Gasteiger partial charge on any atom is 0.465 e. The number of carbonyl (C=O) groups excluding carboxylic acids is 1. The summed E-state index contributed by atoms with van der Waals surface area (Å²) in [5.41, 5.74) is 0.897. The van der Waals surface area contributed by atoms with E-state index in [0.29, 0.717) is 5.75 Å². The molecule has 122 valence electrons. The number of benzene rings is 1. The number of alkyl halides is 2. The average Bonchev–Trinajstić information content (AvgIpc) is 2.46. The fourth-order valence-corrected chi connectivity index (χ4v) is 1.57. The largest absolute Gasteiger partial charge is 0.493 e. The number of hydrogen-bond acceptors (Lipinski definition) is 5. The van der Waals surface area contributed by atoms with Gasteiger partial charge in [-0.15, -0.1) is 0 Å². The second-order valence-electron chi connectivity index (χ2n) is 4.10. The quantitative estimate of drug-likeness (QED) is 0.444. The molecule has 0 aliphatic carbocycles. The zero-order valence-corrected chi connectivity index (χ0v) is 12.2. The lowest BCUT2D eigenvalue weighted by Gasteiger charge is -2.12. The molecule has 0 radical (unpaired) electrons. The molecule has 0 amide bonds. The standard InChI is InChI=1S/C13H14F2O6S/c1-2-10-4-6-11(7-5-10)20-8-3-9-21-12(16)13(14,15)22(17,18)19/h2,4-7H,1,3,8-9H2,(H,17,18,19). The van der Waals surface area contributed by atoms with Crippen molar-refractivity contribution in [3.05, 3.63) is 36.4 Å². The van der Waals surface area contributed by atoms with Gasteiger partial charge in [0.15, 0.2) is 0 Å². The van der Waals surface area contributed by atoms with E-state index in [2.05, 4.69) is 11.3 Å². The lowest BCUT2D eigenvalue weighted by Crippen LogP contribution is -2.39. The number of esters is 1. The van der Waals surface area contributed by atoms with Crippen LogP contribution in [0.3, 0.4) is 0 Å². The van der Waals surface area contributed by atoms with E-state index in [1.807, 2.05) is 0 Å². The molecule has 0 spiro atoms. The summed E-state index contributed by atoms with van der Waals surface area (Å²) in [5, 5.41) is -4.98. The number of ether oxygens (including phenoxy) is 2. The Labute approximate surface area is 126 Å². The van der Waals surface area contributed by atoms with Crippen molar-refractivity contribution in [1.82, 2.24) is 0 Å². The van der Waals surface area contributed by atoms with Crippen LogP contribution in [-0.4, -0.2) is 37.4 Å². The van der Waals surface area contributed by atoms with Crippen molar-refractivity contribution in [2.24, 2.45) is 0 Å². The SMILES string of the molecule is C=Cc1ccc(OCCCOC(=O)C(F)(F)S(=O)(=O)O)cc1. The second kappa shape index (κ2) is 7.32. The first kappa shape index (κ1) is 18.1. The molecule has 0 heterocycles. The van der Waals surface area contributed by atoms with Crippen LogP contribution in [0.15, 0.2) is 30.8 Å². The zero-order valence-electron chi connectivity index (χ0n) is 11.4. The molecular formula is C13H14F2O6S. The van der Waals surface area contributed by atoms with E-state index in [0.717, 1.165) is 5.56 Å². The van der Waals surface area contributed by atoms with Gasteiger partial charge < -0.3 is 9.47 Å². The Balaban J connectivity index is 2.33. The first-order valence-corrected chi connectivity index (χ1v) is 7.50. The van der Waals surface area contributed by atoms with E-state index >= 15 is 0 Å². The van der Waals surface area contributed by atoms with Crippen molar-refractivity contribution in [3.8, 4) is 5.75 Å². The van der Waals surface area contributed by atoms with Gasteiger partial charge in [0.05, 0.1) is 13.2 Å². The smallest absolute Gasteiger partial charge is 0.465 e. The van der Waals surface area contributed by atoms with Crippen LogP contribution < -0.4 is 4.74 Å². The summed E-state index contributed by atoms with van der Waals surface area (Å²) in [6, 6.07) is 6.87. The van der Waals surface area contributed by atoms with E-state index in [1.165, 1.54) is 0 Å². The van der Waals surface area contributed by atoms with Crippen molar-refractivity contribution in [2.75, 3.05) is 13.2 Å². The van der Waals surface area contributed by atoms with Crippen LogP contribution in [0.5, 0.6) is 5.75 Å². The van der Waals surface area contributed by atoms with Gasteiger partial charge in [-0.2, -0.15) is 17.2 Å². The molecule has 9 heteroatoms. The van der Waals surface area contributed by atoms with Crippen molar-refractivity contribution in [2.45, 2.75) is 11.7 Å². The van der Waals surface area contributed by atoms with Crippen molar-refractivity contribution >= 4 is 22.2 Å². The van der Waals surface area contributed by atoms with Gasteiger partial charge in [0.1, 0.15) is 5.75 Å². The molecule has 1 N–H and O–H groups in total. The molecule has 0 aliphatic rings. The topological polar surface area (TPSA) is 89.9 Å². The van der Waals surface area contributed by atoms with Crippen LogP contribution in [0.1, 0.15) is 12.0 Å². The van der Waals surface area contributed by atoms with Crippen LogP contribution in [0.4, 0.5) is 8.78 Å². The highest BCUT2D eigenvalue weighted by Gasteiger charge is 2.54. The minimum absolute atomic E-state index is 0.0660. The fourth-order valence-electron chi connectivity index (χ4n) is 1.30. The fraction of sp³-hybridized carbons (Fsp3) is 0.308. The lowest BCUT2D eigenvalue weighted by atomic mass is 10.2. The Morgan fingerprint density at radius 1 is 1.27 bits per heavy atom. The highest BCUT2D eigenvalue weighted by molar-refractivity contribution is 7.87.